The Morgan fingerprint density at radius 2 is 0.709 bits per heavy atom. The molecule has 0 aliphatic heterocycles. The number of ether oxygens (including phenoxy) is 3. The summed E-state index contributed by atoms with van der Waals surface area (Å²) in [4.78, 5) is 37.7. The molecule has 0 aromatic carbocycles. The van der Waals surface area contributed by atoms with E-state index >= 15 is 0 Å². The van der Waals surface area contributed by atoms with Crippen LogP contribution >= 0.6 is 0 Å². The van der Waals surface area contributed by atoms with Gasteiger partial charge in [-0.1, -0.05) is 179 Å². The van der Waals surface area contributed by atoms with E-state index in [1.54, 1.807) is 0 Å². The summed E-state index contributed by atoms with van der Waals surface area (Å²) in [5.41, 5.74) is 0. The monoisotopic (exact) mass is 771 g/mol. The number of allylic oxidation sites excluding steroid dienone is 8. The third-order valence-corrected chi connectivity index (χ3v) is 9.82. The summed E-state index contributed by atoms with van der Waals surface area (Å²) in [6.07, 6.45) is 50.9. The first-order valence-electron chi connectivity index (χ1n) is 23.1. The van der Waals surface area contributed by atoms with Crippen LogP contribution in [0.2, 0.25) is 0 Å². The second-order valence-electron chi connectivity index (χ2n) is 15.3. The zero-order valence-electron chi connectivity index (χ0n) is 36.2. The van der Waals surface area contributed by atoms with Crippen molar-refractivity contribution in [2.24, 2.45) is 0 Å². The van der Waals surface area contributed by atoms with Gasteiger partial charge in [-0.05, 0) is 77.0 Å². The van der Waals surface area contributed by atoms with Crippen LogP contribution in [0.4, 0.5) is 0 Å². The van der Waals surface area contributed by atoms with Gasteiger partial charge in [-0.15, -0.1) is 0 Å². The lowest BCUT2D eigenvalue weighted by atomic mass is 10.1. The van der Waals surface area contributed by atoms with Gasteiger partial charge in [0.2, 0.25) is 0 Å². The van der Waals surface area contributed by atoms with Crippen LogP contribution in [-0.4, -0.2) is 37.2 Å². The average molecular weight is 771 g/mol. The maximum Gasteiger partial charge on any atom is 0.306 e. The van der Waals surface area contributed by atoms with Crippen molar-refractivity contribution < 1.29 is 28.6 Å². The molecule has 1 atom stereocenters. The van der Waals surface area contributed by atoms with E-state index in [1.807, 2.05) is 0 Å². The van der Waals surface area contributed by atoms with Gasteiger partial charge in [-0.2, -0.15) is 0 Å². The van der Waals surface area contributed by atoms with Crippen LogP contribution in [0.1, 0.15) is 226 Å². The van der Waals surface area contributed by atoms with Gasteiger partial charge in [0.05, 0.1) is 0 Å². The highest BCUT2D eigenvalue weighted by atomic mass is 16.6. The summed E-state index contributed by atoms with van der Waals surface area (Å²) in [6.45, 7) is 6.46. The molecule has 0 heterocycles. The summed E-state index contributed by atoms with van der Waals surface area (Å²) in [7, 11) is 0. The van der Waals surface area contributed by atoms with Crippen LogP contribution in [0, 0.1) is 0 Å². The standard InChI is InChI=1S/C49H86O6/c1-4-7-10-13-16-19-21-23-24-26-27-30-33-36-39-42-48(51)54-45-46(44-53-47(50)41-38-35-32-29-18-15-12-9-6-3)55-49(52)43-40-37-34-31-28-25-22-20-17-14-11-8-5-2/h7,10,16,19-20,22-24,46H,4-6,8-9,11-15,17-18,21,25-45H2,1-3H3/b10-7-,19-16-,22-20-,24-23-. The molecule has 6 heteroatoms. The summed E-state index contributed by atoms with van der Waals surface area (Å²) < 4.78 is 16.7. The van der Waals surface area contributed by atoms with E-state index in [4.69, 9.17) is 14.2 Å². The molecule has 0 spiro atoms. The Morgan fingerprint density at radius 1 is 0.382 bits per heavy atom. The van der Waals surface area contributed by atoms with Crippen molar-refractivity contribution in [3.05, 3.63) is 48.6 Å². The average Bonchev–Trinajstić information content (AvgIpc) is 3.18. The molecule has 318 valence electrons. The van der Waals surface area contributed by atoms with Crippen molar-refractivity contribution in [3.8, 4) is 0 Å². The highest BCUT2D eigenvalue weighted by Crippen LogP contribution is 2.14. The molecule has 0 aliphatic rings. The van der Waals surface area contributed by atoms with E-state index in [0.717, 1.165) is 109 Å². The maximum atomic E-state index is 12.7. The Bertz CT molecular complexity index is 980. The number of unbranched alkanes of at least 4 members (excludes halogenated alkanes) is 22. The fourth-order valence-corrected chi connectivity index (χ4v) is 6.33. The fourth-order valence-electron chi connectivity index (χ4n) is 6.33. The molecule has 0 N–H and O–H groups in total. The number of hydrogen-bond donors (Lipinski definition) is 0. The Balaban J connectivity index is 4.39. The lowest BCUT2D eigenvalue weighted by Gasteiger charge is -2.18. The van der Waals surface area contributed by atoms with Crippen molar-refractivity contribution >= 4 is 17.9 Å². The Labute approximate surface area is 339 Å². The minimum atomic E-state index is -0.779. The number of esters is 3. The van der Waals surface area contributed by atoms with Gasteiger partial charge in [0, 0.05) is 19.3 Å². The third kappa shape index (κ3) is 42.4. The van der Waals surface area contributed by atoms with Crippen molar-refractivity contribution in [1.82, 2.24) is 0 Å². The lowest BCUT2D eigenvalue weighted by Crippen LogP contribution is -2.30. The minimum absolute atomic E-state index is 0.0809. The van der Waals surface area contributed by atoms with Crippen LogP contribution in [-0.2, 0) is 28.6 Å². The van der Waals surface area contributed by atoms with E-state index in [9.17, 15) is 14.4 Å². The molecule has 55 heavy (non-hydrogen) atoms. The van der Waals surface area contributed by atoms with Crippen LogP contribution in [0.5, 0.6) is 0 Å². The summed E-state index contributed by atoms with van der Waals surface area (Å²) in [5.74, 6) is -0.910. The minimum Gasteiger partial charge on any atom is -0.462 e. The van der Waals surface area contributed by atoms with Crippen LogP contribution < -0.4 is 0 Å². The lowest BCUT2D eigenvalue weighted by molar-refractivity contribution is -0.167. The van der Waals surface area contributed by atoms with Crippen molar-refractivity contribution in [2.45, 2.75) is 232 Å². The zero-order chi connectivity index (χ0) is 40.1. The highest BCUT2D eigenvalue weighted by Gasteiger charge is 2.19. The van der Waals surface area contributed by atoms with Gasteiger partial charge < -0.3 is 14.2 Å². The largest absolute Gasteiger partial charge is 0.462 e. The molecule has 6 nitrogen and oxygen atoms in total. The smallest absolute Gasteiger partial charge is 0.306 e. The first-order valence-corrected chi connectivity index (χ1v) is 23.1. The van der Waals surface area contributed by atoms with E-state index in [-0.39, 0.29) is 31.1 Å². The van der Waals surface area contributed by atoms with E-state index < -0.39 is 6.10 Å². The number of hydrogen-bond acceptors (Lipinski definition) is 6. The number of carbonyl (C=O) groups excluding carboxylic acids is 3. The fraction of sp³-hybridized carbons (Fsp3) is 0.776. The second-order valence-corrected chi connectivity index (χ2v) is 15.3. The van der Waals surface area contributed by atoms with Crippen LogP contribution in [0.15, 0.2) is 48.6 Å². The third-order valence-electron chi connectivity index (χ3n) is 9.82. The first-order chi connectivity index (χ1) is 27.0. The zero-order valence-corrected chi connectivity index (χ0v) is 36.2. The highest BCUT2D eigenvalue weighted by molar-refractivity contribution is 5.71. The van der Waals surface area contributed by atoms with Crippen LogP contribution in [0.25, 0.3) is 0 Å². The predicted octanol–water partition coefficient (Wildman–Crippen LogP) is 14.8. The molecular weight excluding hydrogens is 685 g/mol. The molecule has 0 amide bonds. The van der Waals surface area contributed by atoms with Crippen molar-refractivity contribution in [3.63, 3.8) is 0 Å². The molecule has 0 aromatic rings. The molecule has 0 bridgehead atoms. The Hall–Kier alpha value is -2.63. The molecule has 1 unspecified atom stereocenters. The Kier molecular flexibility index (Phi) is 42.0. The van der Waals surface area contributed by atoms with Crippen LogP contribution in [0.3, 0.4) is 0 Å². The van der Waals surface area contributed by atoms with Crippen molar-refractivity contribution in [1.29, 1.82) is 0 Å². The molecule has 0 rings (SSSR count). The van der Waals surface area contributed by atoms with Gasteiger partial charge in [0.25, 0.3) is 0 Å². The van der Waals surface area contributed by atoms with E-state index in [2.05, 4.69) is 69.4 Å². The normalized spacial score (nSPS) is 12.4. The SMILES string of the molecule is CC/C=C\C/C=C\C/C=C\CCCCCCCC(=O)OCC(COC(=O)CCCCCCCCCCC)OC(=O)CCCCCCC/C=C\CCCCCC. The molecular formula is C49H86O6. The summed E-state index contributed by atoms with van der Waals surface area (Å²) >= 11 is 0. The predicted molar refractivity (Wildman–Crippen MR) is 233 cm³/mol. The van der Waals surface area contributed by atoms with Gasteiger partial charge in [-0.3, -0.25) is 14.4 Å². The molecule has 0 radical (unpaired) electrons. The molecule has 0 saturated carbocycles. The summed E-state index contributed by atoms with van der Waals surface area (Å²) in [6, 6.07) is 0. The Morgan fingerprint density at radius 3 is 1.15 bits per heavy atom. The molecule has 0 fully saturated rings. The number of carbonyl (C=O) groups is 3. The first kappa shape index (κ1) is 52.4. The summed E-state index contributed by atoms with van der Waals surface area (Å²) in [5, 5.41) is 0. The molecule has 0 aromatic heterocycles. The van der Waals surface area contributed by atoms with Gasteiger partial charge >= 0.3 is 17.9 Å². The van der Waals surface area contributed by atoms with Crippen molar-refractivity contribution in [2.75, 3.05) is 13.2 Å². The molecule has 0 aliphatic carbocycles. The van der Waals surface area contributed by atoms with Gasteiger partial charge in [0.1, 0.15) is 13.2 Å². The number of rotatable bonds is 41. The topological polar surface area (TPSA) is 78.9 Å². The van der Waals surface area contributed by atoms with Gasteiger partial charge in [-0.25, -0.2) is 0 Å². The maximum absolute atomic E-state index is 12.7. The second kappa shape index (κ2) is 44.1. The van der Waals surface area contributed by atoms with Gasteiger partial charge in [0.15, 0.2) is 6.10 Å². The quantitative estimate of drug-likeness (QED) is 0.0267. The van der Waals surface area contributed by atoms with E-state index in [0.29, 0.717) is 19.3 Å². The molecule has 0 saturated heterocycles. The van der Waals surface area contributed by atoms with E-state index in [1.165, 1.54) is 77.0 Å².